The average molecular weight is 491 g/mol. The van der Waals surface area contributed by atoms with Crippen LogP contribution in [0, 0.1) is 30.3 Å². The van der Waals surface area contributed by atoms with Crippen LogP contribution in [0.5, 0.6) is 0 Å². The van der Waals surface area contributed by atoms with Gasteiger partial charge in [0.25, 0.3) is 34.8 Å². The molecule has 0 aromatic heterocycles. The van der Waals surface area contributed by atoms with Crippen LogP contribution in [0.2, 0.25) is 0 Å². The maximum atomic E-state index is 13.5. The van der Waals surface area contributed by atoms with E-state index in [4.69, 9.17) is 0 Å². The first kappa shape index (κ1) is 23.6. The molecule has 1 heterocycles. The van der Waals surface area contributed by atoms with Crippen molar-refractivity contribution < 1.29 is 29.2 Å². The molecule has 0 bridgehead atoms. The van der Waals surface area contributed by atoms with Gasteiger partial charge in [0.05, 0.1) is 26.9 Å². The Bertz CT molecular complexity index is 1470. The van der Waals surface area contributed by atoms with Gasteiger partial charge in [-0.15, -0.1) is 0 Å². The van der Waals surface area contributed by atoms with Crippen molar-refractivity contribution in [3.8, 4) is 0 Å². The molecule has 0 fully saturated rings. The van der Waals surface area contributed by atoms with E-state index in [1.54, 1.807) is 0 Å². The molecule has 0 atom stereocenters. The minimum atomic E-state index is -1.14. The molecule has 3 amide bonds. The summed E-state index contributed by atoms with van der Waals surface area (Å²) in [7, 11) is 0. The molecule has 0 aliphatic carbocycles. The van der Waals surface area contributed by atoms with Gasteiger partial charge in [0.15, 0.2) is 0 Å². The Labute approximate surface area is 200 Å². The molecule has 0 N–H and O–H groups in total. The number of amides is 3. The smallest absolute Gasteiger partial charge is 0.267 e. The molecule has 0 radical (unpaired) electrons. The third-order valence-corrected chi connectivity index (χ3v) is 5.33. The Balaban J connectivity index is 1.80. The van der Waals surface area contributed by atoms with Gasteiger partial charge in [0.2, 0.25) is 0 Å². The summed E-state index contributed by atoms with van der Waals surface area (Å²) >= 11 is 0. The van der Waals surface area contributed by atoms with E-state index in [0.29, 0.717) is 10.0 Å². The first-order chi connectivity index (χ1) is 17.1. The minimum absolute atomic E-state index is 0.239. The summed E-state index contributed by atoms with van der Waals surface area (Å²) < 4.78 is 0. The average Bonchev–Trinajstić information content (AvgIpc) is 3.12. The summed E-state index contributed by atoms with van der Waals surface area (Å²) in [5.74, 6) is -3.14. The summed E-state index contributed by atoms with van der Waals surface area (Å²) in [6, 6.07) is 12.9. The number of hydrogen-bond acceptors (Lipinski definition) is 9. The molecule has 3 aromatic carbocycles. The second-order valence-electron chi connectivity index (χ2n) is 7.47. The molecule has 1 aliphatic heterocycles. The van der Waals surface area contributed by atoms with Gasteiger partial charge in [-0.3, -0.25) is 44.7 Å². The molecule has 14 nitrogen and oxygen atoms in total. The molecule has 0 spiro atoms. The van der Waals surface area contributed by atoms with E-state index in [0.717, 1.165) is 30.3 Å². The van der Waals surface area contributed by atoms with Gasteiger partial charge in [-0.05, 0) is 17.7 Å². The van der Waals surface area contributed by atoms with Crippen LogP contribution in [0.4, 0.5) is 17.1 Å². The molecule has 36 heavy (non-hydrogen) atoms. The van der Waals surface area contributed by atoms with Crippen LogP contribution in [-0.2, 0) is 6.54 Å². The standard InChI is InChI=1S/C22H13N5O9/c28-20(14-3-1-4-16(11-14)26(33)34)23(12-13-7-9-15(10-8-13)25(31)32)24-21(29)17-5-2-6-18(27(35)36)19(17)22(24)30/h1-11H,12H2. The summed E-state index contributed by atoms with van der Waals surface area (Å²) in [4.78, 5) is 71.2. The molecule has 180 valence electrons. The number of hydrogen-bond donors (Lipinski definition) is 0. The van der Waals surface area contributed by atoms with Crippen LogP contribution >= 0.6 is 0 Å². The van der Waals surface area contributed by atoms with Crippen LogP contribution in [0.15, 0.2) is 66.7 Å². The van der Waals surface area contributed by atoms with Crippen molar-refractivity contribution in [3.05, 3.63) is 119 Å². The lowest BCUT2D eigenvalue weighted by Gasteiger charge is -2.30. The monoisotopic (exact) mass is 491 g/mol. The van der Waals surface area contributed by atoms with Gasteiger partial charge >= 0.3 is 0 Å². The van der Waals surface area contributed by atoms with E-state index in [1.165, 1.54) is 36.4 Å². The van der Waals surface area contributed by atoms with Gasteiger partial charge in [-0.1, -0.05) is 24.3 Å². The largest absolute Gasteiger partial charge is 0.287 e. The number of hydrazine groups is 1. The number of nitrogens with zero attached hydrogens (tertiary/aromatic N) is 5. The minimum Gasteiger partial charge on any atom is -0.267 e. The van der Waals surface area contributed by atoms with E-state index in [2.05, 4.69) is 0 Å². The van der Waals surface area contributed by atoms with Crippen LogP contribution < -0.4 is 0 Å². The first-order valence-electron chi connectivity index (χ1n) is 10.1. The molecule has 1 aliphatic rings. The van der Waals surface area contributed by atoms with Crippen LogP contribution in [0.3, 0.4) is 0 Å². The second-order valence-corrected chi connectivity index (χ2v) is 7.47. The fourth-order valence-corrected chi connectivity index (χ4v) is 3.66. The van der Waals surface area contributed by atoms with Crippen molar-refractivity contribution in [2.75, 3.05) is 0 Å². The van der Waals surface area contributed by atoms with E-state index in [1.807, 2.05) is 0 Å². The number of rotatable bonds is 7. The third kappa shape index (κ3) is 4.09. The SMILES string of the molecule is O=C(c1cccc([N+](=O)[O-])c1)N(Cc1ccc([N+](=O)[O-])cc1)N1C(=O)c2cccc([N+](=O)[O-])c2C1=O. The molecular formula is C22H13N5O9. The van der Waals surface area contributed by atoms with E-state index < -0.39 is 56.0 Å². The number of carbonyl (C=O) groups excluding carboxylic acids is 3. The molecule has 3 aromatic rings. The number of nitro groups is 3. The van der Waals surface area contributed by atoms with E-state index in [9.17, 15) is 44.7 Å². The summed E-state index contributed by atoms with van der Waals surface area (Å²) in [6.45, 7) is -0.460. The van der Waals surface area contributed by atoms with Crippen molar-refractivity contribution in [3.63, 3.8) is 0 Å². The predicted molar refractivity (Wildman–Crippen MR) is 120 cm³/mol. The maximum absolute atomic E-state index is 13.5. The normalized spacial score (nSPS) is 12.3. The molecular weight excluding hydrogens is 478 g/mol. The number of benzene rings is 3. The highest BCUT2D eigenvalue weighted by Crippen LogP contribution is 2.33. The zero-order chi connectivity index (χ0) is 26.1. The van der Waals surface area contributed by atoms with Gasteiger partial charge < -0.3 is 0 Å². The highest BCUT2D eigenvalue weighted by Gasteiger charge is 2.45. The Kier molecular flexibility index (Phi) is 5.92. The molecule has 0 unspecified atom stereocenters. The van der Waals surface area contributed by atoms with Crippen LogP contribution in [0.25, 0.3) is 0 Å². The van der Waals surface area contributed by atoms with Gasteiger partial charge in [0.1, 0.15) is 5.56 Å². The maximum Gasteiger partial charge on any atom is 0.287 e. The first-order valence-corrected chi connectivity index (χ1v) is 10.1. The van der Waals surface area contributed by atoms with Gasteiger partial charge in [-0.25, -0.2) is 5.01 Å². The number of non-ortho nitro benzene ring substituents is 2. The third-order valence-electron chi connectivity index (χ3n) is 5.33. The van der Waals surface area contributed by atoms with Crippen LogP contribution in [-0.4, -0.2) is 42.5 Å². The van der Waals surface area contributed by atoms with Gasteiger partial charge in [0, 0.05) is 35.9 Å². The summed E-state index contributed by atoms with van der Waals surface area (Å²) in [5.41, 5.74) is -2.07. The van der Waals surface area contributed by atoms with Crippen LogP contribution in [0.1, 0.15) is 36.6 Å². The Morgan fingerprint density at radius 2 is 1.42 bits per heavy atom. The lowest BCUT2D eigenvalue weighted by Crippen LogP contribution is -2.49. The fourth-order valence-electron chi connectivity index (χ4n) is 3.66. The highest BCUT2D eigenvalue weighted by molar-refractivity contribution is 6.23. The summed E-state index contributed by atoms with van der Waals surface area (Å²) in [5, 5.41) is 34.7. The Morgan fingerprint density at radius 3 is 2.03 bits per heavy atom. The van der Waals surface area contributed by atoms with Crippen molar-refractivity contribution in [2.24, 2.45) is 0 Å². The summed E-state index contributed by atoms with van der Waals surface area (Å²) in [6.07, 6.45) is 0. The quantitative estimate of drug-likeness (QED) is 0.271. The van der Waals surface area contributed by atoms with Gasteiger partial charge in [-0.2, -0.15) is 5.01 Å². The zero-order valence-electron chi connectivity index (χ0n) is 18.0. The molecule has 14 heteroatoms. The number of carbonyl (C=O) groups is 3. The van der Waals surface area contributed by atoms with E-state index >= 15 is 0 Å². The lowest BCUT2D eigenvalue weighted by atomic mass is 10.1. The predicted octanol–water partition coefficient (Wildman–Crippen LogP) is 3.26. The number of fused-ring (bicyclic) bond motifs is 1. The molecule has 0 saturated carbocycles. The zero-order valence-corrected chi connectivity index (χ0v) is 18.0. The Morgan fingerprint density at radius 1 is 0.778 bits per heavy atom. The Hall–Kier alpha value is -5.53. The number of imide groups is 1. The van der Waals surface area contributed by atoms with E-state index in [-0.39, 0.29) is 22.4 Å². The second kappa shape index (κ2) is 9.02. The van der Waals surface area contributed by atoms with Crippen molar-refractivity contribution in [1.29, 1.82) is 0 Å². The lowest BCUT2D eigenvalue weighted by molar-refractivity contribution is -0.385. The number of nitro benzene ring substituents is 3. The molecule has 0 saturated heterocycles. The topological polar surface area (TPSA) is 187 Å². The molecule has 4 rings (SSSR count). The fraction of sp³-hybridized carbons (Fsp3) is 0.0455. The van der Waals surface area contributed by atoms with Crippen molar-refractivity contribution in [1.82, 2.24) is 10.0 Å². The highest BCUT2D eigenvalue weighted by atomic mass is 16.6. The van der Waals surface area contributed by atoms with Crippen molar-refractivity contribution in [2.45, 2.75) is 6.54 Å². The van der Waals surface area contributed by atoms with Crippen molar-refractivity contribution >= 4 is 34.8 Å².